The summed E-state index contributed by atoms with van der Waals surface area (Å²) in [5.74, 6) is 0.299. The first-order valence-electron chi connectivity index (χ1n) is 9.61. The lowest BCUT2D eigenvalue weighted by molar-refractivity contribution is -0.138. The number of hydrogen-bond donors (Lipinski definition) is 0. The van der Waals surface area contributed by atoms with Gasteiger partial charge in [0.25, 0.3) is 0 Å². The minimum absolute atomic E-state index is 0.167. The fourth-order valence-corrected chi connectivity index (χ4v) is 3.86. The summed E-state index contributed by atoms with van der Waals surface area (Å²) < 4.78 is 13.6. The van der Waals surface area contributed by atoms with Gasteiger partial charge < -0.3 is 9.47 Å². The van der Waals surface area contributed by atoms with Gasteiger partial charge in [0, 0.05) is 22.3 Å². The Morgan fingerprint density at radius 2 is 1.84 bits per heavy atom. The fourth-order valence-electron chi connectivity index (χ4n) is 2.87. The van der Waals surface area contributed by atoms with E-state index in [1.165, 1.54) is 6.08 Å². The summed E-state index contributed by atoms with van der Waals surface area (Å²) in [7, 11) is 0. The average Bonchev–Trinajstić information content (AvgIpc) is 3.47. The molecule has 0 spiro atoms. The zero-order chi connectivity index (χ0) is 21.5. The maximum absolute atomic E-state index is 12.2. The lowest BCUT2D eigenvalue weighted by atomic mass is 10.2. The van der Waals surface area contributed by atoms with Crippen LogP contribution in [0.25, 0.3) is 22.3 Å². The second-order valence-corrected chi connectivity index (χ2v) is 8.36. The summed E-state index contributed by atoms with van der Waals surface area (Å²) in [6.45, 7) is 0.452. The quantitative estimate of drug-likeness (QED) is 0.171. The third-order valence-corrected chi connectivity index (χ3v) is 5.73. The molecule has 31 heavy (non-hydrogen) atoms. The SMILES string of the molecule is O=C(C=Cc1cn(-c2ccccc2)nc1-c1cccs1)OCCOc1ccc(Br)cc1. The number of hydrogen-bond acceptors (Lipinski definition) is 5. The topological polar surface area (TPSA) is 53.4 Å². The molecule has 0 N–H and O–H groups in total. The van der Waals surface area contributed by atoms with Crippen LogP contribution in [0.3, 0.4) is 0 Å². The molecule has 0 aliphatic carbocycles. The molecule has 0 saturated carbocycles. The number of benzene rings is 2. The minimum Gasteiger partial charge on any atom is -0.490 e. The average molecular weight is 495 g/mol. The Kier molecular flexibility index (Phi) is 6.96. The lowest BCUT2D eigenvalue weighted by Gasteiger charge is -2.06. The molecule has 0 radical (unpaired) electrons. The molecular formula is C24H19BrN2O3S. The van der Waals surface area contributed by atoms with Crippen molar-refractivity contribution >= 4 is 39.3 Å². The normalized spacial score (nSPS) is 11.0. The number of esters is 1. The van der Waals surface area contributed by atoms with Crippen LogP contribution in [0.2, 0.25) is 0 Å². The van der Waals surface area contributed by atoms with Gasteiger partial charge in [-0.1, -0.05) is 40.2 Å². The molecule has 7 heteroatoms. The summed E-state index contributed by atoms with van der Waals surface area (Å²) >= 11 is 4.98. The molecule has 2 aromatic carbocycles. The molecule has 0 unspecified atom stereocenters. The molecule has 4 aromatic rings. The van der Waals surface area contributed by atoms with Crippen molar-refractivity contribution in [3.63, 3.8) is 0 Å². The van der Waals surface area contributed by atoms with Crippen molar-refractivity contribution in [1.82, 2.24) is 9.78 Å². The molecule has 0 aliphatic heterocycles. The van der Waals surface area contributed by atoms with Crippen LogP contribution < -0.4 is 4.74 Å². The van der Waals surface area contributed by atoms with Crippen molar-refractivity contribution in [2.45, 2.75) is 0 Å². The number of aromatic nitrogens is 2. The number of carbonyl (C=O) groups is 1. The molecule has 0 atom stereocenters. The number of ether oxygens (including phenoxy) is 2. The van der Waals surface area contributed by atoms with Crippen molar-refractivity contribution in [2.75, 3.05) is 13.2 Å². The summed E-state index contributed by atoms with van der Waals surface area (Å²) in [6.07, 6.45) is 5.06. The molecule has 0 saturated heterocycles. The fraction of sp³-hybridized carbons (Fsp3) is 0.0833. The molecule has 2 aromatic heterocycles. The van der Waals surface area contributed by atoms with Crippen molar-refractivity contribution in [2.24, 2.45) is 0 Å². The first-order chi connectivity index (χ1) is 15.2. The highest BCUT2D eigenvalue weighted by Gasteiger charge is 2.12. The Morgan fingerprint density at radius 3 is 2.58 bits per heavy atom. The van der Waals surface area contributed by atoms with Gasteiger partial charge in [-0.05, 0) is 53.9 Å². The van der Waals surface area contributed by atoms with Crippen molar-refractivity contribution in [1.29, 1.82) is 0 Å². The molecule has 156 valence electrons. The predicted octanol–water partition coefficient (Wildman–Crippen LogP) is 6.00. The zero-order valence-corrected chi connectivity index (χ0v) is 18.9. The van der Waals surface area contributed by atoms with Crippen LogP contribution in [0.4, 0.5) is 0 Å². The first kappa shape index (κ1) is 21.1. The summed E-state index contributed by atoms with van der Waals surface area (Å²) in [5.41, 5.74) is 2.61. The molecule has 0 aliphatic rings. The van der Waals surface area contributed by atoms with E-state index in [1.54, 1.807) is 17.4 Å². The number of thiophene rings is 1. The second kappa shape index (κ2) is 10.2. The highest BCUT2D eigenvalue weighted by molar-refractivity contribution is 9.10. The number of para-hydroxylation sites is 1. The molecule has 5 nitrogen and oxygen atoms in total. The van der Waals surface area contributed by atoms with Gasteiger partial charge in [0.05, 0.1) is 10.6 Å². The molecule has 0 fully saturated rings. The Labute approximate surface area is 192 Å². The van der Waals surface area contributed by atoms with Gasteiger partial charge in [0.1, 0.15) is 24.7 Å². The van der Waals surface area contributed by atoms with E-state index >= 15 is 0 Å². The molecule has 2 heterocycles. The summed E-state index contributed by atoms with van der Waals surface area (Å²) in [4.78, 5) is 13.2. The zero-order valence-electron chi connectivity index (χ0n) is 16.5. The maximum atomic E-state index is 12.2. The maximum Gasteiger partial charge on any atom is 0.330 e. The van der Waals surface area contributed by atoms with E-state index in [2.05, 4.69) is 15.9 Å². The van der Waals surface area contributed by atoms with Gasteiger partial charge in [-0.15, -0.1) is 11.3 Å². The van der Waals surface area contributed by atoms with Gasteiger partial charge in [-0.3, -0.25) is 0 Å². The minimum atomic E-state index is -0.427. The van der Waals surface area contributed by atoms with Crippen molar-refractivity contribution in [3.8, 4) is 22.0 Å². The molecular weight excluding hydrogens is 476 g/mol. The second-order valence-electron chi connectivity index (χ2n) is 6.49. The first-order valence-corrected chi connectivity index (χ1v) is 11.3. The van der Waals surface area contributed by atoms with Gasteiger partial charge in [-0.2, -0.15) is 5.10 Å². The third-order valence-electron chi connectivity index (χ3n) is 4.33. The van der Waals surface area contributed by atoms with E-state index in [9.17, 15) is 4.79 Å². The molecule has 0 amide bonds. The smallest absolute Gasteiger partial charge is 0.330 e. The van der Waals surface area contributed by atoms with Crippen LogP contribution in [0.5, 0.6) is 5.75 Å². The van der Waals surface area contributed by atoms with Crippen LogP contribution in [0.1, 0.15) is 5.56 Å². The number of halogens is 1. The highest BCUT2D eigenvalue weighted by Crippen LogP contribution is 2.28. The van der Waals surface area contributed by atoms with Gasteiger partial charge in [0.15, 0.2) is 0 Å². The van der Waals surface area contributed by atoms with E-state index in [4.69, 9.17) is 14.6 Å². The predicted molar refractivity (Wildman–Crippen MR) is 127 cm³/mol. The Hall–Kier alpha value is -3.16. The van der Waals surface area contributed by atoms with Crippen LogP contribution in [0, 0.1) is 0 Å². The van der Waals surface area contributed by atoms with Crippen LogP contribution in [0.15, 0.2) is 88.9 Å². The number of rotatable bonds is 8. The van der Waals surface area contributed by atoms with Gasteiger partial charge in [-0.25, -0.2) is 9.48 Å². The summed E-state index contributed by atoms with van der Waals surface area (Å²) in [5, 5.41) is 6.72. The van der Waals surface area contributed by atoms with E-state index in [0.29, 0.717) is 0 Å². The Bertz CT molecular complexity index is 1150. The number of nitrogens with zero attached hydrogens (tertiary/aromatic N) is 2. The van der Waals surface area contributed by atoms with E-state index < -0.39 is 5.97 Å². The van der Waals surface area contributed by atoms with E-state index in [-0.39, 0.29) is 13.2 Å². The van der Waals surface area contributed by atoms with Crippen molar-refractivity contribution < 1.29 is 14.3 Å². The van der Waals surface area contributed by atoms with Crippen LogP contribution in [-0.2, 0) is 9.53 Å². The number of carbonyl (C=O) groups excluding carboxylic acids is 1. The van der Waals surface area contributed by atoms with Gasteiger partial charge in [0.2, 0.25) is 0 Å². The molecule has 4 rings (SSSR count). The van der Waals surface area contributed by atoms with Crippen LogP contribution in [-0.4, -0.2) is 29.0 Å². The van der Waals surface area contributed by atoms with E-state index in [0.717, 1.165) is 32.0 Å². The summed E-state index contributed by atoms with van der Waals surface area (Å²) in [6, 6.07) is 21.3. The van der Waals surface area contributed by atoms with Crippen molar-refractivity contribution in [3.05, 3.63) is 94.4 Å². The monoisotopic (exact) mass is 494 g/mol. The third kappa shape index (κ3) is 5.71. The molecule has 0 bridgehead atoms. The van der Waals surface area contributed by atoms with Crippen LogP contribution >= 0.6 is 27.3 Å². The standard InChI is InChI=1S/C24H19BrN2O3S/c25-19-9-11-21(12-10-19)29-14-15-30-23(28)13-8-18-17-27(20-5-2-1-3-6-20)26-24(18)22-7-4-16-31-22/h1-13,16-17H,14-15H2. The Balaban J connectivity index is 1.39. The van der Waals surface area contributed by atoms with E-state index in [1.807, 2.05) is 83.0 Å². The Morgan fingerprint density at radius 1 is 1.03 bits per heavy atom. The largest absolute Gasteiger partial charge is 0.490 e. The lowest BCUT2D eigenvalue weighted by Crippen LogP contribution is -2.10. The highest BCUT2D eigenvalue weighted by atomic mass is 79.9. The van der Waals surface area contributed by atoms with Gasteiger partial charge >= 0.3 is 5.97 Å².